The number of unbranched alkanes of at least 4 members (excludes halogenated alkanes) is 2. The zero-order valence-electron chi connectivity index (χ0n) is 6.01. The molecule has 0 unspecified atom stereocenters. The van der Waals surface area contributed by atoms with Gasteiger partial charge in [0.15, 0.2) is 0 Å². The van der Waals surface area contributed by atoms with Gasteiger partial charge in [0.05, 0.1) is 0 Å². The molecule has 9 heavy (non-hydrogen) atoms. The zero-order chi connectivity index (χ0) is 6.41. The Balaban J connectivity index is 0. The first-order valence-electron chi connectivity index (χ1n) is 3.13. The van der Waals surface area contributed by atoms with Gasteiger partial charge >= 0.3 is 27.3 Å². The minimum absolute atomic E-state index is 0. The molecule has 0 spiro atoms. The van der Waals surface area contributed by atoms with E-state index < -0.39 is 0 Å². The van der Waals surface area contributed by atoms with Crippen LogP contribution in [0.3, 0.4) is 0 Å². The normalized spacial score (nSPS) is 9.33. The maximum atomic E-state index is 4.14. The van der Waals surface area contributed by atoms with Crippen molar-refractivity contribution >= 4 is 52.6 Å². The molecule has 0 nitrogen and oxygen atoms in total. The molecule has 0 bridgehead atoms. The van der Waals surface area contributed by atoms with E-state index in [2.05, 4.69) is 32.2 Å². The van der Waals surface area contributed by atoms with Gasteiger partial charge in [-0.3, -0.25) is 0 Å². The van der Waals surface area contributed by atoms with Gasteiger partial charge in [-0.2, -0.15) is 25.3 Å². The van der Waals surface area contributed by atoms with Crippen LogP contribution < -0.4 is 0 Å². The molecule has 0 saturated carbocycles. The molecular weight excluding hydrogens is 343 g/mol. The predicted molar refractivity (Wildman–Crippen MR) is 54.4 cm³/mol. The Labute approximate surface area is 89.2 Å². The van der Waals surface area contributed by atoms with E-state index in [1.54, 1.807) is 0 Å². The number of thiol groups is 2. The SMILES string of the molecule is CCCCCC(S)S.[PbH2]. The van der Waals surface area contributed by atoms with Gasteiger partial charge in [-0.05, 0) is 6.42 Å². The van der Waals surface area contributed by atoms with Crippen LogP contribution in [0.1, 0.15) is 32.6 Å². The van der Waals surface area contributed by atoms with Crippen molar-refractivity contribution < 1.29 is 0 Å². The fraction of sp³-hybridized carbons (Fsp3) is 1.00. The Morgan fingerprint density at radius 3 is 2.11 bits per heavy atom. The van der Waals surface area contributed by atoms with Gasteiger partial charge in [0.1, 0.15) is 0 Å². The summed E-state index contributed by atoms with van der Waals surface area (Å²) in [7, 11) is 0. The fourth-order valence-corrected chi connectivity index (χ4v) is 0.942. The first-order chi connectivity index (χ1) is 3.77. The van der Waals surface area contributed by atoms with Gasteiger partial charge in [-0.1, -0.05) is 26.2 Å². The molecule has 0 amide bonds. The Hall–Kier alpha value is 1.62. The van der Waals surface area contributed by atoms with E-state index in [0.29, 0.717) is 4.58 Å². The van der Waals surface area contributed by atoms with Gasteiger partial charge in [0, 0.05) is 4.58 Å². The molecule has 0 saturated heterocycles. The first-order valence-corrected chi connectivity index (χ1v) is 4.16. The summed E-state index contributed by atoms with van der Waals surface area (Å²) in [5, 5.41) is 0. The van der Waals surface area contributed by atoms with E-state index in [1.165, 1.54) is 19.3 Å². The summed E-state index contributed by atoms with van der Waals surface area (Å²) in [6, 6.07) is 0. The number of rotatable bonds is 4. The molecule has 2 radical (unpaired) electrons. The second-order valence-electron chi connectivity index (χ2n) is 1.98. The van der Waals surface area contributed by atoms with Crippen LogP contribution in [0.4, 0.5) is 0 Å². The molecule has 0 aromatic heterocycles. The second kappa shape index (κ2) is 9.62. The maximum absolute atomic E-state index is 4.14. The molecule has 56 valence electrons. The first kappa shape index (κ1) is 13.2. The molecule has 0 N–H and O–H groups in total. The van der Waals surface area contributed by atoms with E-state index in [-0.39, 0.29) is 27.3 Å². The van der Waals surface area contributed by atoms with Crippen molar-refractivity contribution in [3.63, 3.8) is 0 Å². The summed E-state index contributed by atoms with van der Waals surface area (Å²) in [5.41, 5.74) is 0. The van der Waals surface area contributed by atoms with Crippen LogP contribution in [0, 0.1) is 0 Å². The quantitative estimate of drug-likeness (QED) is 0.325. The number of hydrogen-bond acceptors (Lipinski definition) is 2. The van der Waals surface area contributed by atoms with E-state index in [4.69, 9.17) is 0 Å². The van der Waals surface area contributed by atoms with Gasteiger partial charge in [0.25, 0.3) is 0 Å². The van der Waals surface area contributed by atoms with Crippen molar-refractivity contribution in [3.05, 3.63) is 0 Å². The molecular formula is C6H16PbS2. The Kier molecular flexibility index (Phi) is 14.1. The van der Waals surface area contributed by atoms with Gasteiger partial charge in [0.2, 0.25) is 0 Å². The predicted octanol–water partition coefficient (Wildman–Crippen LogP) is 1.84. The van der Waals surface area contributed by atoms with Crippen LogP contribution in [0.5, 0.6) is 0 Å². The van der Waals surface area contributed by atoms with Gasteiger partial charge < -0.3 is 0 Å². The Morgan fingerprint density at radius 2 is 1.78 bits per heavy atom. The van der Waals surface area contributed by atoms with E-state index in [1.807, 2.05) is 0 Å². The average molecular weight is 360 g/mol. The summed E-state index contributed by atoms with van der Waals surface area (Å²) >= 11 is 8.27. The molecule has 0 aromatic carbocycles. The Morgan fingerprint density at radius 1 is 1.22 bits per heavy atom. The van der Waals surface area contributed by atoms with Crippen molar-refractivity contribution in [3.8, 4) is 0 Å². The van der Waals surface area contributed by atoms with Crippen molar-refractivity contribution in [2.45, 2.75) is 37.2 Å². The third kappa shape index (κ3) is 12.7. The summed E-state index contributed by atoms with van der Waals surface area (Å²) in [4.78, 5) is 0. The number of hydrogen-bond donors (Lipinski definition) is 2. The molecule has 0 atom stereocenters. The minimum atomic E-state index is 0. The molecule has 0 aliphatic rings. The molecule has 0 aliphatic carbocycles. The van der Waals surface area contributed by atoms with Crippen LogP contribution in [0.25, 0.3) is 0 Å². The third-order valence-corrected chi connectivity index (χ3v) is 1.58. The van der Waals surface area contributed by atoms with Crippen molar-refractivity contribution in [1.82, 2.24) is 0 Å². The van der Waals surface area contributed by atoms with Crippen LogP contribution >= 0.6 is 25.3 Å². The van der Waals surface area contributed by atoms with Crippen LogP contribution in [-0.2, 0) is 0 Å². The summed E-state index contributed by atoms with van der Waals surface area (Å²) in [5.74, 6) is 0. The summed E-state index contributed by atoms with van der Waals surface area (Å²) in [6.07, 6.45) is 5.01. The molecule has 0 rings (SSSR count). The molecule has 0 aliphatic heterocycles. The van der Waals surface area contributed by atoms with E-state index >= 15 is 0 Å². The average Bonchev–Trinajstić information content (AvgIpc) is 1.66. The van der Waals surface area contributed by atoms with Gasteiger partial charge in [-0.15, -0.1) is 0 Å². The second-order valence-corrected chi connectivity index (χ2v) is 3.63. The van der Waals surface area contributed by atoms with Crippen molar-refractivity contribution in [2.75, 3.05) is 0 Å². The molecule has 3 heteroatoms. The Bertz CT molecular complexity index is 48.3. The van der Waals surface area contributed by atoms with E-state index in [9.17, 15) is 0 Å². The fourth-order valence-electron chi connectivity index (χ4n) is 0.577. The third-order valence-electron chi connectivity index (χ3n) is 1.07. The van der Waals surface area contributed by atoms with Crippen molar-refractivity contribution in [1.29, 1.82) is 0 Å². The van der Waals surface area contributed by atoms with Gasteiger partial charge in [-0.25, -0.2) is 0 Å². The van der Waals surface area contributed by atoms with Crippen LogP contribution in [0.15, 0.2) is 0 Å². The standard InChI is InChI=1S/C6H14S2.Pb.2H/c1-2-3-4-5-6(7)8;;;/h6-8H,2-5H2,1H3;;;. The molecule has 0 fully saturated rings. The topological polar surface area (TPSA) is 0 Å². The summed E-state index contributed by atoms with van der Waals surface area (Å²) < 4.78 is 0.293. The zero-order valence-corrected chi connectivity index (χ0v) is 13.3. The van der Waals surface area contributed by atoms with Crippen LogP contribution in [0.2, 0.25) is 0 Å². The monoisotopic (exact) mass is 360 g/mol. The molecule has 0 heterocycles. The summed E-state index contributed by atoms with van der Waals surface area (Å²) in [6.45, 7) is 2.20. The van der Waals surface area contributed by atoms with E-state index in [0.717, 1.165) is 6.42 Å². The van der Waals surface area contributed by atoms with Crippen LogP contribution in [-0.4, -0.2) is 31.9 Å². The molecule has 0 aromatic rings. The van der Waals surface area contributed by atoms with Crippen molar-refractivity contribution in [2.24, 2.45) is 0 Å².